The molecule has 0 amide bonds. The lowest BCUT2D eigenvalue weighted by Crippen LogP contribution is -2.33. The van der Waals surface area contributed by atoms with Gasteiger partial charge in [-0.2, -0.15) is 0 Å². The van der Waals surface area contributed by atoms with Crippen molar-refractivity contribution in [1.82, 2.24) is 0 Å². The predicted molar refractivity (Wildman–Crippen MR) is 85.0 cm³/mol. The van der Waals surface area contributed by atoms with E-state index in [1.165, 1.54) is 44.1 Å². The molecule has 0 heteroatoms. The van der Waals surface area contributed by atoms with Crippen molar-refractivity contribution in [3.05, 3.63) is 34.9 Å². The first kappa shape index (κ1) is 14.6. The van der Waals surface area contributed by atoms with Gasteiger partial charge in [0.05, 0.1) is 0 Å². The first-order valence-corrected chi connectivity index (χ1v) is 8.01. The summed E-state index contributed by atoms with van der Waals surface area (Å²) in [6, 6.07) is 7.29. The van der Waals surface area contributed by atoms with Gasteiger partial charge in [0.15, 0.2) is 0 Å². The third-order valence-corrected chi connectivity index (χ3v) is 4.99. The first-order valence-electron chi connectivity index (χ1n) is 8.01. The summed E-state index contributed by atoms with van der Waals surface area (Å²) in [4.78, 5) is 0. The average Bonchev–Trinajstić information content (AvgIpc) is 2.36. The maximum atomic E-state index is 2.51. The summed E-state index contributed by atoms with van der Waals surface area (Å²) in [5.41, 5.74) is 5.44. The summed E-state index contributed by atoms with van der Waals surface area (Å²) >= 11 is 0. The van der Waals surface area contributed by atoms with Crippen molar-refractivity contribution in [2.45, 2.75) is 84.0 Å². The molecule has 106 valence electrons. The van der Waals surface area contributed by atoms with Gasteiger partial charge in [0.25, 0.3) is 0 Å². The Hall–Kier alpha value is -0.780. The molecule has 0 heterocycles. The molecular formula is C19H30. The Morgan fingerprint density at radius 2 is 1.53 bits per heavy atom. The molecule has 1 aromatic rings. The summed E-state index contributed by atoms with van der Waals surface area (Å²) in [6.07, 6.45) is 7.86. The molecule has 19 heavy (non-hydrogen) atoms. The zero-order valence-electron chi connectivity index (χ0n) is 13.5. The molecule has 0 saturated heterocycles. The van der Waals surface area contributed by atoms with Crippen LogP contribution >= 0.6 is 0 Å². The van der Waals surface area contributed by atoms with Crippen molar-refractivity contribution in [3.8, 4) is 0 Å². The van der Waals surface area contributed by atoms with E-state index in [0.717, 1.165) is 0 Å². The van der Waals surface area contributed by atoms with Crippen LogP contribution in [0.5, 0.6) is 0 Å². The van der Waals surface area contributed by atoms with Crippen LogP contribution in [0.4, 0.5) is 0 Å². The molecular weight excluding hydrogens is 228 g/mol. The molecule has 0 N–H and O–H groups in total. The molecule has 0 nitrogen and oxygen atoms in total. The molecule has 0 aromatic heterocycles. The van der Waals surface area contributed by atoms with Gasteiger partial charge in [-0.1, -0.05) is 65.7 Å². The lowest BCUT2D eigenvalue weighted by Gasteiger charge is -2.42. The molecule has 1 aliphatic rings. The highest BCUT2D eigenvalue weighted by atomic mass is 14.4. The molecule has 0 radical (unpaired) electrons. The summed E-state index contributed by atoms with van der Waals surface area (Å²) in [5, 5.41) is 0. The third kappa shape index (κ3) is 3.04. The van der Waals surface area contributed by atoms with Crippen LogP contribution in [0.1, 0.15) is 83.4 Å². The van der Waals surface area contributed by atoms with Crippen molar-refractivity contribution in [2.75, 3.05) is 0 Å². The summed E-state index contributed by atoms with van der Waals surface area (Å²) in [5.74, 6) is 0. The van der Waals surface area contributed by atoms with Gasteiger partial charge in [-0.05, 0) is 53.2 Å². The molecule has 0 fully saturated rings. The number of benzene rings is 1. The molecule has 1 aromatic carbocycles. The van der Waals surface area contributed by atoms with Crippen LogP contribution in [0, 0.1) is 0 Å². The second-order valence-electron chi connectivity index (χ2n) is 7.60. The number of rotatable bonds is 4. The molecule has 0 unspecified atom stereocenters. The summed E-state index contributed by atoms with van der Waals surface area (Å²) in [6.45, 7) is 11.9. The number of hydrogen-bond donors (Lipinski definition) is 0. The maximum absolute atomic E-state index is 2.51. The summed E-state index contributed by atoms with van der Waals surface area (Å²) < 4.78 is 0. The van der Waals surface area contributed by atoms with Crippen LogP contribution in [-0.2, 0) is 17.3 Å². The van der Waals surface area contributed by atoms with Crippen LogP contribution in [0.25, 0.3) is 0 Å². The molecule has 0 spiro atoms. The lowest BCUT2D eigenvalue weighted by atomic mass is 9.63. The largest absolute Gasteiger partial charge is 0.0654 e. The lowest BCUT2D eigenvalue weighted by molar-refractivity contribution is 0.331. The smallest absolute Gasteiger partial charge is 0.0100 e. The Kier molecular flexibility index (Phi) is 4.08. The topological polar surface area (TPSA) is 0 Å². The SMILES string of the molecule is CCCCCc1ccc2c(c1)C(C)(C)CCC2(C)C. The predicted octanol–water partition coefficient (Wildman–Crippen LogP) is 5.77. The zero-order chi connectivity index (χ0) is 14.1. The average molecular weight is 258 g/mol. The van der Waals surface area contributed by atoms with Crippen molar-refractivity contribution < 1.29 is 0 Å². The number of unbranched alkanes of at least 4 members (excludes halogenated alkanes) is 2. The van der Waals surface area contributed by atoms with E-state index in [1.807, 2.05) is 0 Å². The second-order valence-corrected chi connectivity index (χ2v) is 7.60. The van der Waals surface area contributed by atoms with Gasteiger partial charge in [-0.25, -0.2) is 0 Å². The fourth-order valence-corrected chi connectivity index (χ4v) is 3.37. The van der Waals surface area contributed by atoms with Crippen LogP contribution in [0.15, 0.2) is 18.2 Å². The van der Waals surface area contributed by atoms with Gasteiger partial charge in [-0.15, -0.1) is 0 Å². The van der Waals surface area contributed by atoms with Gasteiger partial charge in [-0.3, -0.25) is 0 Å². The van der Waals surface area contributed by atoms with Crippen LogP contribution < -0.4 is 0 Å². The Labute approximate surface area is 119 Å². The number of fused-ring (bicyclic) bond motifs is 1. The van der Waals surface area contributed by atoms with Gasteiger partial charge in [0, 0.05) is 0 Å². The van der Waals surface area contributed by atoms with E-state index >= 15 is 0 Å². The number of aryl methyl sites for hydroxylation is 1. The minimum atomic E-state index is 0.353. The molecule has 0 aliphatic heterocycles. The second kappa shape index (κ2) is 5.31. The van der Waals surface area contributed by atoms with Gasteiger partial charge >= 0.3 is 0 Å². The van der Waals surface area contributed by atoms with Crippen molar-refractivity contribution in [2.24, 2.45) is 0 Å². The monoisotopic (exact) mass is 258 g/mol. The van der Waals surface area contributed by atoms with Gasteiger partial charge in [0.1, 0.15) is 0 Å². The highest BCUT2D eigenvalue weighted by molar-refractivity contribution is 5.43. The number of hydrogen-bond acceptors (Lipinski definition) is 0. The maximum Gasteiger partial charge on any atom is -0.0100 e. The first-order chi connectivity index (χ1) is 8.87. The third-order valence-electron chi connectivity index (χ3n) is 4.99. The van der Waals surface area contributed by atoms with E-state index in [-0.39, 0.29) is 0 Å². The quantitative estimate of drug-likeness (QED) is 0.601. The van der Waals surface area contributed by atoms with Gasteiger partial charge in [0.2, 0.25) is 0 Å². The standard InChI is InChI=1S/C19H30/c1-6-7-8-9-15-10-11-16-17(14-15)19(4,5)13-12-18(16,2)3/h10-11,14H,6-9,12-13H2,1-5H3. The normalized spacial score (nSPS) is 20.1. The zero-order valence-corrected chi connectivity index (χ0v) is 13.5. The van der Waals surface area contributed by atoms with Crippen molar-refractivity contribution in [3.63, 3.8) is 0 Å². The van der Waals surface area contributed by atoms with Crippen molar-refractivity contribution in [1.29, 1.82) is 0 Å². The van der Waals surface area contributed by atoms with E-state index in [9.17, 15) is 0 Å². The Bertz CT molecular complexity index is 437. The summed E-state index contributed by atoms with van der Waals surface area (Å²) in [7, 11) is 0. The molecule has 2 rings (SSSR count). The molecule has 0 saturated carbocycles. The highest BCUT2D eigenvalue weighted by Gasteiger charge is 2.36. The van der Waals surface area contributed by atoms with E-state index in [2.05, 4.69) is 52.8 Å². The van der Waals surface area contributed by atoms with Crippen molar-refractivity contribution >= 4 is 0 Å². The van der Waals surface area contributed by atoms with Crippen LogP contribution in [-0.4, -0.2) is 0 Å². The Balaban J connectivity index is 2.31. The molecule has 0 atom stereocenters. The Morgan fingerprint density at radius 1 is 0.895 bits per heavy atom. The highest BCUT2D eigenvalue weighted by Crippen LogP contribution is 2.45. The van der Waals surface area contributed by atoms with E-state index in [4.69, 9.17) is 0 Å². The van der Waals surface area contributed by atoms with E-state index in [0.29, 0.717) is 10.8 Å². The van der Waals surface area contributed by atoms with Gasteiger partial charge < -0.3 is 0 Å². The fourth-order valence-electron chi connectivity index (χ4n) is 3.37. The molecule has 0 bridgehead atoms. The van der Waals surface area contributed by atoms with E-state index in [1.54, 1.807) is 11.1 Å². The minimum absolute atomic E-state index is 0.353. The minimum Gasteiger partial charge on any atom is -0.0654 e. The molecule has 1 aliphatic carbocycles. The fraction of sp³-hybridized carbons (Fsp3) is 0.684. The van der Waals surface area contributed by atoms with Crippen LogP contribution in [0.2, 0.25) is 0 Å². The Morgan fingerprint density at radius 3 is 2.16 bits per heavy atom. The van der Waals surface area contributed by atoms with Crippen LogP contribution in [0.3, 0.4) is 0 Å². The van der Waals surface area contributed by atoms with E-state index < -0.39 is 0 Å².